The molecule has 1 unspecified atom stereocenters. The number of anilines is 1. The molecule has 0 saturated carbocycles. The zero-order valence-electron chi connectivity index (χ0n) is 8.27. The highest BCUT2D eigenvalue weighted by molar-refractivity contribution is 5.12. The van der Waals surface area contributed by atoms with Gasteiger partial charge >= 0.3 is 5.69 Å². The van der Waals surface area contributed by atoms with Gasteiger partial charge in [0.2, 0.25) is 5.95 Å². The summed E-state index contributed by atoms with van der Waals surface area (Å²) in [7, 11) is 0. The number of rotatable bonds is 3. The highest BCUT2D eigenvalue weighted by atomic mass is 16.3. The largest absolute Gasteiger partial charge is 0.396 e. The van der Waals surface area contributed by atoms with E-state index in [0.717, 1.165) is 0 Å². The minimum atomic E-state index is -0.421. The molecule has 1 atom stereocenters. The maximum atomic E-state index is 11.4. The van der Waals surface area contributed by atoms with Crippen molar-refractivity contribution in [1.29, 1.82) is 0 Å². The van der Waals surface area contributed by atoms with Gasteiger partial charge in [-0.1, -0.05) is 6.92 Å². The third kappa shape index (κ3) is 2.29. The molecule has 0 saturated heterocycles. The maximum absolute atomic E-state index is 11.4. The average Bonchev–Trinajstić information content (AvgIpc) is 2.10. The standard InChI is InChI=1S/C8H14N4O2/c1-5(4-13)3-12-6(2)10-7(9)11-8(12)14/h5,13H,3-4H2,1-2H3,(H2,9,11,14). The number of aliphatic hydroxyl groups is 1. The Balaban J connectivity index is 3.03. The van der Waals surface area contributed by atoms with Crippen LogP contribution in [0, 0.1) is 12.8 Å². The van der Waals surface area contributed by atoms with Gasteiger partial charge in [-0.2, -0.15) is 4.98 Å². The number of hydrogen-bond acceptors (Lipinski definition) is 5. The van der Waals surface area contributed by atoms with Crippen molar-refractivity contribution >= 4 is 5.95 Å². The van der Waals surface area contributed by atoms with Crippen molar-refractivity contribution in [3.05, 3.63) is 16.3 Å². The first kappa shape index (κ1) is 10.6. The molecular weight excluding hydrogens is 184 g/mol. The van der Waals surface area contributed by atoms with E-state index in [2.05, 4.69) is 9.97 Å². The van der Waals surface area contributed by atoms with E-state index in [9.17, 15) is 4.79 Å². The summed E-state index contributed by atoms with van der Waals surface area (Å²) in [5.74, 6) is 0.502. The molecule has 0 aromatic carbocycles. The second-order valence-electron chi connectivity index (χ2n) is 3.31. The summed E-state index contributed by atoms with van der Waals surface area (Å²) < 4.78 is 1.40. The Morgan fingerprint density at radius 1 is 1.57 bits per heavy atom. The van der Waals surface area contributed by atoms with Crippen LogP contribution in [0.5, 0.6) is 0 Å². The van der Waals surface area contributed by atoms with Gasteiger partial charge in [0.05, 0.1) is 0 Å². The van der Waals surface area contributed by atoms with Crippen LogP contribution in [-0.2, 0) is 6.54 Å². The highest BCUT2D eigenvalue weighted by Crippen LogP contribution is 1.99. The number of aliphatic hydroxyl groups excluding tert-OH is 1. The Morgan fingerprint density at radius 2 is 2.21 bits per heavy atom. The molecule has 14 heavy (non-hydrogen) atoms. The third-order valence-electron chi connectivity index (χ3n) is 1.91. The number of hydrogen-bond donors (Lipinski definition) is 2. The molecule has 78 valence electrons. The summed E-state index contributed by atoms with van der Waals surface area (Å²) in [6.07, 6.45) is 0. The molecule has 1 rings (SSSR count). The zero-order chi connectivity index (χ0) is 10.7. The lowest BCUT2D eigenvalue weighted by atomic mass is 10.2. The molecular formula is C8H14N4O2. The van der Waals surface area contributed by atoms with Gasteiger partial charge in [0, 0.05) is 13.2 Å². The number of nitrogens with zero attached hydrogens (tertiary/aromatic N) is 3. The fraction of sp³-hybridized carbons (Fsp3) is 0.625. The summed E-state index contributed by atoms with van der Waals surface area (Å²) >= 11 is 0. The Labute approximate surface area is 81.4 Å². The van der Waals surface area contributed by atoms with Crippen LogP contribution < -0.4 is 11.4 Å². The Morgan fingerprint density at radius 3 is 2.71 bits per heavy atom. The Kier molecular flexibility index (Phi) is 3.19. The van der Waals surface area contributed by atoms with Crippen LogP contribution in [0.2, 0.25) is 0 Å². The Bertz CT molecular complexity index is 374. The molecule has 0 spiro atoms. The van der Waals surface area contributed by atoms with Crippen LogP contribution in [0.15, 0.2) is 4.79 Å². The lowest BCUT2D eigenvalue weighted by Crippen LogP contribution is -2.30. The van der Waals surface area contributed by atoms with E-state index in [0.29, 0.717) is 12.4 Å². The first-order valence-electron chi connectivity index (χ1n) is 4.36. The molecule has 1 aromatic rings. The summed E-state index contributed by atoms with van der Waals surface area (Å²) in [6.45, 7) is 3.95. The molecule has 0 aliphatic heterocycles. The van der Waals surface area contributed by atoms with E-state index >= 15 is 0 Å². The quantitative estimate of drug-likeness (QED) is 0.660. The molecule has 1 aromatic heterocycles. The number of aromatic nitrogens is 3. The van der Waals surface area contributed by atoms with Gasteiger partial charge in [-0.05, 0) is 12.8 Å². The van der Waals surface area contributed by atoms with Gasteiger partial charge in [-0.15, -0.1) is 0 Å². The summed E-state index contributed by atoms with van der Waals surface area (Å²) in [4.78, 5) is 18.7. The second kappa shape index (κ2) is 4.19. The maximum Gasteiger partial charge on any atom is 0.352 e. The number of nitrogens with two attached hydrogens (primary N) is 1. The van der Waals surface area contributed by atoms with E-state index in [4.69, 9.17) is 10.8 Å². The molecule has 0 amide bonds. The van der Waals surface area contributed by atoms with Crippen LogP contribution in [-0.4, -0.2) is 26.2 Å². The molecule has 0 aliphatic rings. The van der Waals surface area contributed by atoms with Gasteiger partial charge in [0.15, 0.2) is 0 Å². The van der Waals surface area contributed by atoms with Gasteiger partial charge in [-0.3, -0.25) is 4.57 Å². The fourth-order valence-electron chi connectivity index (χ4n) is 1.13. The van der Waals surface area contributed by atoms with Crippen LogP contribution in [0.25, 0.3) is 0 Å². The van der Waals surface area contributed by atoms with E-state index in [-0.39, 0.29) is 18.5 Å². The van der Waals surface area contributed by atoms with Crippen molar-refractivity contribution in [1.82, 2.24) is 14.5 Å². The van der Waals surface area contributed by atoms with E-state index in [1.165, 1.54) is 4.57 Å². The van der Waals surface area contributed by atoms with Crippen molar-refractivity contribution < 1.29 is 5.11 Å². The normalized spacial score (nSPS) is 12.8. The van der Waals surface area contributed by atoms with Crippen LogP contribution in [0.3, 0.4) is 0 Å². The van der Waals surface area contributed by atoms with Gasteiger partial charge in [0.1, 0.15) is 5.82 Å². The first-order chi connectivity index (χ1) is 6.54. The molecule has 6 nitrogen and oxygen atoms in total. The Hall–Kier alpha value is -1.43. The van der Waals surface area contributed by atoms with Crippen molar-refractivity contribution in [2.45, 2.75) is 20.4 Å². The molecule has 6 heteroatoms. The molecule has 3 N–H and O–H groups in total. The van der Waals surface area contributed by atoms with E-state index in [1.54, 1.807) is 6.92 Å². The molecule has 0 bridgehead atoms. The summed E-state index contributed by atoms with van der Waals surface area (Å²) in [5, 5.41) is 8.85. The SMILES string of the molecule is Cc1nc(N)nc(=O)n1CC(C)CO. The molecule has 1 heterocycles. The van der Waals surface area contributed by atoms with Crippen molar-refractivity contribution in [3.63, 3.8) is 0 Å². The van der Waals surface area contributed by atoms with E-state index < -0.39 is 5.69 Å². The predicted molar refractivity (Wildman–Crippen MR) is 51.7 cm³/mol. The van der Waals surface area contributed by atoms with Crippen molar-refractivity contribution in [3.8, 4) is 0 Å². The summed E-state index contributed by atoms with van der Waals surface area (Å²) in [6, 6.07) is 0. The molecule has 0 radical (unpaired) electrons. The predicted octanol–water partition coefficient (Wildman–Crippen LogP) is -0.843. The van der Waals surface area contributed by atoms with Crippen LogP contribution >= 0.6 is 0 Å². The lowest BCUT2D eigenvalue weighted by molar-refractivity contribution is 0.220. The van der Waals surface area contributed by atoms with Crippen LogP contribution in [0.1, 0.15) is 12.7 Å². The van der Waals surface area contributed by atoms with Gasteiger partial charge < -0.3 is 10.8 Å². The zero-order valence-corrected chi connectivity index (χ0v) is 8.27. The molecule has 0 fully saturated rings. The molecule has 0 aliphatic carbocycles. The first-order valence-corrected chi connectivity index (χ1v) is 4.36. The minimum Gasteiger partial charge on any atom is -0.396 e. The fourth-order valence-corrected chi connectivity index (χ4v) is 1.13. The smallest absolute Gasteiger partial charge is 0.352 e. The summed E-state index contributed by atoms with van der Waals surface area (Å²) in [5.41, 5.74) is 4.89. The van der Waals surface area contributed by atoms with E-state index in [1.807, 2.05) is 6.92 Å². The minimum absolute atomic E-state index is 0.00127. The van der Waals surface area contributed by atoms with Crippen molar-refractivity contribution in [2.24, 2.45) is 5.92 Å². The van der Waals surface area contributed by atoms with Gasteiger partial charge in [-0.25, -0.2) is 9.78 Å². The average molecular weight is 198 g/mol. The number of aryl methyl sites for hydroxylation is 1. The lowest BCUT2D eigenvalue weighted by Gasteiger charge is -2.12. The number of nitrogen functional groups attached to an aromatic ring is 1. The third-order valence-corrected chi connectivity index (χ3v) is 1.91. The van der Waals surface area contributed by atoms with Crippen LogP contribution in [0.4, 0.5) is 5.95 Å². The second-order valence-corrected chi connectivity index (χ2v) is 3.31. The van der Waals surface area contributed by atoms with Crippen molar-refractivity contribution in [2.75, 3.05) is 12.3 Å². The topological polar surface area (TPSA) is 94.0 Å². The monoisotopic (exact) mass is 198 g/mol. The highest BCUT2D eigenvalue weighted by Gasteiger charge is 2.08. The van der Waals surface area contributed by atoms with Gasteiger partial charge in [0.25, 0.3) is 0 Å².